The third-order valence-corrected chi connectivity index (χ3v) is 2.67. The molecule has 0 saturated carbocycles. The maximum atomic E-state index is 13.3. The van der Waals surface area contributed by atoms with Gasteiger partial charge >= 0.3 is 0 Å². The molecule has 1 aromatic rings. The van der Waals surface area contributed by atoms with Crippen LogP contribution in [0.25, 0.3) is 0 Å². The van der Waals surface area contributed by atoms with Crippen LogP contribution >= 0.6 is 11.6 Å². The molecular formula is C11H15ClFNO. The van der Waals surface area contributed by atoms with Crippen molar-refractivity contribution in [2.24, 2.45) is 5.73 Å². The van der Waals surface area contributed by atoms with E-state index in [1.54, 1.807) is 13.2 Å². The molecule has 0 saturated heterocycles. The second kappa shape index (κ2) is 5.45. The van der Waals surface area contributed by atoms with Gasteiger partial charge < -0.3 is 10.5 Å². The van der Waals surface area contributed by atoms with Gasteiger partial charge in [0.05, 0.1) is 6.10 Å². The molecule has 0 aromatic heterocycles. The van der Waals surface area contributed by atoms with Crippen molar-refractivity contribution in [3.63, 3.8) is 0 Å². The molecule has 0 aliphatic carbocycles. The number of ether oxygens (including phenoxy) is 1. The van der Waals surface area contributed by atoms with Gasteiger partial charge in [-0.1, -0.05) is 11.6 Å². The molecule has 2 N–H and O–H groups in total. The summed E-state index contributed by atoms with van der Waals surface area (Å²) in [5.41, 5.74) is 6.37. The van der Waals surface area contributed by atoms with E-state index >= 15 is 0 Å². The standard InChI is InChI=1S/C11H15ClFNO/c1-7(15-2)11(14)6-8-5-9(12)3-4-10(8)13/h3-5,7,11H,6,14H2,1-2H3. The van der Waals surface area contributed by atoms with Gasteiger partial charge in [0.1, 0.15) is 5.82 Å². The Labute approximate surface area is 94.2 Å². The second-order valence-corrected chi connectivity index (χ2v) is 3.98. The second-order valence-electron chi connectivity index (χ2n) is 3.54. The first kappa shape index (κ1) is 12.4. The lowest BCUT2D eigenvalue weighted by Crippen LogP contribution is -2.36. The van der Waals surface area contributed by atoms with Crippen LogP contribution in [0.1, 0.15) is 12.5 Å². The van der Waals surface area contributed by atoms with Gasteiger partial charge in [0.2, 0.25) is 0 Å². The van der Waals surface area contributed by atoms with Crippen LogP contribution in [0.15, 0.2) is 18.2 Å². The van der Waals surface area contributed by atoms with Crippen molar-refractivity contribution in [2.45, 2.75) is 25.5 Å². The molecule has 0 amide bonds. The number of methoxy groups -OCH3 is 1. The first-order chi connectivity index (χ1) is 7.04. The zero-order chi connectivity index (χ0) is 11.4. The summed E-state index contributed by atoms with van der Waals surface area (Å²) < 4.78 is 18.4. The minimum absolute atomic E-state index is 0.108. The summed E-state index contributed by atoms with van der Waals surface area (Å²) in [6, 6.07) is 4.23. The van der Waals surface area contributed by atoms with E-state index in [1.165, 1.54) is 12.1 Å². The van der Waals surface area contributed by atoms with Gasteiger partial charge in [-0.25, -0.2) is 4.39 Å². The normalized spacial score (nSPS) is 15.0. The lowest BCUT2D eigenvalue weighted by molar-refractivity contribution is 0.0953. The van der Waals surface area contributed by atoms with Gasteiger partial charge in [-0.15, -0.1) is 0 Å². The van der Waals surface area contributed by atoms with E-state index in [1.807, 2.05) is 6.92 Å². The highest BCUT2D eigenvalue weighted by Gasteiger charge is 2.14. The monoisotopic (exact) mass is 231 g/mol. The molecule has 0 heterocycles. The van der Waals surface area contributed by atoms with Crippen LogP contribution in [0, 0.1) is 5.82 Å². The van der Waals surface area contributed by atoms with Gasteiger partial charge in [-0.05, 0) is 37.1 Å². The molecule has 0 spiro atoms. The van der Waals surface area contributed by atoms with Crippen LogP contribution in [-0.2, 0) is 11.2 Å². The average Bonchev–Trinajstić information content (AvgIpc) is 2.22. The summed E-state index contributed by atoms with van der Waals surface area (Å²) in [6.07, 6.45) is 0.310. The summed E-state index contributed by atoms with van der Waals surface area (Å²) in [4.78, 5) is 0. The van der Waals surface area contributed by atoms with Crippen molar-refractivity contribution in [3.05, 3.63) is 34.6 Å². The number of rotatable bonds is 4. The zero-order valence-corrected chi connectivity index (χ0v) is 9.59. The first-order valence-corrected chi connectivity index (χ1v) is 5.14. The van der Waals surface area contributed by atoms with Gasteiger partial charge in [0.25, 0.3) is 0 Å². The molecule has 1 aromatic carbocycles. The summed E-state index contributed by atoms with van der Waals surface area (Å²) in [7, 11) is 1.58. The minimum atomic E-state index is -0.279. The Balaban J connectivity index is 2.75. The molecule has 1 rings (SSSR count). The molecule has 2 nitrogen and oxygen atoms in total. The van der Waals surface area contributed by atoms with E-state index in [0.29, 0.717) is 17.0 Å². The van der Waals surface area contributed by atoms with Gasteiger partial charge in [0.15, 0.2) is 0 Å². The summed E-state index contributed by atoms with van der Waals surface area (Å²) in [6.45, 7) is 1.85. The highest BCUT2D eigenvalue weighted by atomic mass is 35.5. The molecule has 15 heavy (non-hydrogen) atoms. The molecule has 0 aliphatic rings. The minimum Gasteiger partial charge on any atom is -0.380 e. The lowest BCUT2D eigenvalue weighted by Gasteiger charge is -2.18. The van der Waals surface area contributed by atoms with Crippen molar-refractivity contribution in [3.8, 4) is 0 Å². The predicted octanol–water partition coefficient (Wildman–Crippen LogP) is 2.38. The third kappa shape index (κ3) is 3.45. The van der Waals surface area contributed by atoms with E-state index in [4.69, 9.17) is 22.1 Å². The van der Waals surface area contributed by atoms with E-state index in [9.17, 15) is 4.39 Å². The molecule has 84 valence electrons. The molecule has 0 radical (unpaired) electrons. The average molecular weight is 232 g/mol. The topological polar surface area (TPSA) is 35.2 Å². The molecular weight excluding hydrogens is 217 g/mol. The van der Waals surface area contributed by atoms with E-state index in [2.05, 4.69) is 0 Å². The van der Waals surface area contributed by atoms with E-state index in [0.717, 1.165) is 0 Å². The SMILES string of the molecule is COC(C)C(N)Cc1cc(Cl)ccc1F. The Morgan fingerprint density at radius 2 is 2.20 bits per heavy atom. The number of hydrogen-bond acceptors (Lipinski definition) is 2. The van der Waals surface area contributed by atoms with Crippen LogP contribution in [0.3, 0.4) is 0 Å². The fourth-order valence-electron chi connectivity index (χ4n) is 1.29. The lowest BCUT2D eigenvalue weighted by atomic mass is 10.0. The Hall–Kier alpha value is -0.640. The Morgan fingerprint density at radius 1 is 1.53 bits per heavy atom. The van der Waals surface area contributed by atoms with Crippen LogP contribution < -0.4 is 5.73 Å². The Morgan fingerprint density at radius 3 is 2.80 bits per heavy atom. The molecule has 2 atom stereocenters. The number of benzene rings is 1. The number of hydrogen-bond donors (Lipinski definition) is 1. The fourth-order valence-corrected chi connectivity index (χ4v) is 1.49. The molecule has 4 heteroatoms. The maximum absolute atomic E-state index is 13.3. The molecule has 0 bridgehead atoms. The van der Waals surface area contributed by atoms with Crippen LogP contribution in [0.2, 0.25) is 5.02 Å². The Kier molecular flexibility index (Phi) is 4.51. The zero-order valence-electron chi connectivity index (χ0n) is 8.84. The van der Waals surface area contributed by atoms with Crippen molar-refractivity contribution >= 4 is 11.6 Å². The highest BCUT2D eigenvalue weighted by Crippen LogP contribution is 2.17. The molecule has 0 aliphatic heterocycles. The van der Waals surface area contributed by atoms with Crippen molar-refractivity contribution in [1.29, 1.82) is 0 Å². The summed E-state index contributed by atoms with van der Waals surface area (Å²) in [5, 5.41) is 0.517. The summed E-state index contributed by atoms with van der Waals surface area (Å²) in [5.74, 6) is -0.279. The van der Waals surface area contributed by atoms with Gasteiger partial charge in [-0.3, -0.25) is 0 Å². The number of halogens is 2. The largest absolute Gasteiger partial charge is 0.380 e. The fraction of sp³-hybridized carbons (Fsp3) is 0.455. The molecule has 0 fully saturated rings. The number of nitrogens with two attached hydrogens (primary N) is 1. The van der Waals surface area contributed by atoms with Crippen molar-refractivity contribution < 1.29 is 9.13 Å². The van der Waals surface area contributed by atoms with Crippen LogP contribution in [0.4, 0.5) is 4.39 Å². The smallest absolute Gasteiger partial charge is 0.126 e. The van der Waals surface area contributed by atoms with Crippen molar-refractivity contribution in [1.82, 2.24) is 0 Å². The molecule has 2 unspecified atom stereocenters. The first-order valence-electron chi connectivity index (χ1n) is 4.77. The van der Waals surface area contributed by atoms with Gasteiger partial charge in [0, 0.05) is 18.2 Å². The third-order valence-electron chi connectivity index (χ3n) is 2.44. The highest BCUT2D eigenvalue weighted by molar-refractivity contribution is 6.30. The van der Waals surface area contributed by atoms with E-state index in [-0.39, 0.29) is 18.0 Å². The maximum Gasteiger partial charge on any atom is 0.126 e. The van der Waals surface area contributed by atoms with Gasteiger partial charge in [-0.2, -0.15) is 0 Å². The van der Waals surface area contributed by atoms with E-state index < -0.39 is 0 Å². The summed E-state index contributed by atoms with van der Waals surface area (Å²) >= 11 is 5.77. The van der Waals surface area contributed by atoms with Crippen LogP contribution in [0.5, 0.6) is 0 Å². The quantitative estimate of drug-likeness (QED) is 0.864. The predicted molar refractivity (Wildman–Crippen MR) is 59.6 cm³/mol. The van der Waals surface area contributed by atoms with Crippen molar-refractivity contribution in [2.75, 3.05) is 7.11 Å². The Bertz CT molecular complexity index is 332. The van der Waals surface area contributed by atoms with Crippen LogP contribution in [-0.4, -0.2) is 19.3 Å².